The van der Waals surface area contributed by atoms with Crippen molar-refractivity contribution in [3.8, 4) is 11.1 Å². The highest BCUT2D eigenvalue weighted by Gasteiger charge is 2.34. The maximum atomic E-state index is 12.4. The number of carbonyl (C=O) groups is 2. The summed E-state index contributed by atoms with van der Waals surface area (Å²) < 4.78 is 28.7. The summed E-state index contributed by atoms with van der Waals surface area (Å²) >= 11 is 0. The third-order valence-electron chi connectivity index (χ3n) is 6.78. The van der Waals surface area contributed by atoms with Crippen molar-refractivity contribution in [1.82, 2.24) is 10.2 Å². The van der Waals surface area contributed by atoms with Crippen LogP contribution in [0.5, 0.6) is 0 Å². The second-order valence-electron chi connectivity index (χ2n) is 10.0. The molecule has 0 unspecified atom stereocenters. The van der Waals surface area contributed by atoms with E-state index in [1.54, 1.807) is 11.8 Å². The third kappa shape index (κ3) is 7.03. The van der Waals surface area contributed by atoms with Gasteiger partial charge in [0, 0.05) is 38.3 Å². The van der Waals surface area contributed by atoms with Gasteiger partial charge < -0.3 is 15.0 Å². The van der Waals surface area contributed by atoms with Crippen LogP contribution in [0.4, 0.5) is 10.5 Å². The summed E-state index contributed by atoms with van der Waals surface area (Å²) in [7, 11) is -2.89. The van der Waals surface area contributed by atoms with Crippen LogP contribution in [-0.4, -0.2) is 62.1 Å². The van der Waals surface area contributed by atoms with E-state index in [2.05, 4.69) is 34.5 Å². The quantitative estimate of drug-likeness (QED) is 0.596. The lowest BCUT2D eigenvalue weighted by Gasteiger charge is -2.39. The minimum Gasteiger partial charge on any atom is -0.447 e. The van der Waals surface area contributed by atoms with Crippen LogP contribution in [0.2, 0.25) is 0 Å². The number of carbonyl (C=O) groups excluding carboxylic acids is 2. The number of nitrogens with zero attached hydrogens (tertiary/aromatic N) is 2. The molecule has 2 atom stereocenters. The largest absolute Gasteiger partial charge is 0.447 e. The monoisotopic (exact) mass is 549 g/mol. The van der Waals surface area contributed by atoms with Crippen LogP contribution in [0.15, 0.2) is 42.5 Å². The van der Waals surface area contributed by atoms with Crippen molar-refractivity contribution < 1.29 is 22.7 Å². The van der Waals surface area contributed by atoms with Crippen LogP contribution in [0.3, 0.4) is 0 Å². The predicted molar refractivity (Wildman–Crippen MR) is 148 cm³/mol. The molecule has 0 aromatic heterocycles. The van der Waals surface area contributed by atoms with Gasteiger partial charge in [0.05, 0.1) is 23.7 Å². The van der Waals surface area contributed by atoms with E-state index in [9.17, 15) is 18.0 Å². The first-order valence-electron chi connectivity index (χ1n) is 12.5. The molecule has 1 N–H and O–H groups in total. The van der Waals surface area contributed by atoms with Gasteiger partial charge >= 0.3 is 6.09 Å². The highest BCUT2D eigenvalue weighted by molar-refractivity contribution is 7.91. The molecule has 2 aromatic carbocycles. The van der Waals surface area contributed by atoms with E-state index >= 15 is 0 Å². The van der Waals surface area contributed by atoms with Gasteiger partial charge in [0.25, 0.3) is 0 Å². The summed E-state index contributed by atoms with van der Waals surface area (Å²) in [5.41, 5.74) is 4.84. The molecule has 1 fully saturated rings. The Balaban J connectivity index is 0.00000380. The number of anilines is 1. The van der Waals surface area contributed by atoms with Crippen molar-refractivity contribution in [3.05, 3.63) is 53.6 Å². The molecule has 8 nitrogen and oxygen atoms in total. The third-order valence-corrected chi connectivity index (χ3v) is 8.39. The molecule has 202 valence electrons. The number of alkyl carbamates (subject to hydrolysis) is 1. The Morgan fingerprint density at radius 1 is 1.05 bits per heavy atom. The molecule has 2 aromatic rings. The summed E-state index contributed by atoms with van der Waals surface area (Å²) in [6.07, 6.45) is -0.101. The SMILES string of the molecule is CC(=O)N1c2ccc(-c3ccc(CN4CCS(=O)(=O)CC4)cc3)cc2[C@H](NC(=O)OC(C)C)C[C@@H]1C.Cl. The number of benzene rings is 2. The summed E-state index contributed by atoms with van der Waals surface area (Å²) in [6, 6.07) is 13.9. The van der Waals surface area contributed by atoms with Gasteiger partial charge in [0.1, 0.15) is 0 Å². The number of amides is 2. The molecule has 0 saturated carbocycles. The van der Waals surface area contributed by atoms with Crippen LogP contribution in [0.1, 0.15) is 51.3 Å². The Hall–Kier alpha value is -2.62. The Kier molecular flexibility index (Phi) is 9.26. The number of halogens is 1. The molecule has 2 amide bonds. The fourth-order valence-corrected chi connectivity index (χ4v) is 6.30. The standard InChI is InChI=1S/C27H35N3O5S.ClH/c1-18(2)35-27(32)28-25-15-19(3)30(20(4)31)26-10-9-23(16-24(25)26)22-7-5-21(6-8-22)17-29-11-13-36(33,34)14-12-29;/h5-10,16,18-19,25H,11-15,17H2,1-4H3,(H,28,32);1H/t19-,25+;/m0./s1. The van der Waals surface area contributed by atoms with Gasteiger partial charge in [-0.15, -0.1) is 12.4 Å². The van der Waals surface area contributed by atoms with Crippen LogP contribution < -0.4 is 10.2 Å². The molecule has 10 heteroatoms. The van der Waals surface area contributed by atoms with Gasteiger partial charge in [-0.05, 0) is 61.6 Å². The molecule has 0 bridgehead atoms. The van der Waals surface area contributed by atoms with Crippen molar-refractivity contribution in [1.29, 1.82) is 0 Å². The first-order chi connectivity index (χ1) is 17.0. The molecule has 37 heavy (non-hydrogen) atoms. The van der Waals surface area contributed by atoms with Gasteiger partial charge in [-0.3, -0.25) is 9.69 Å². The minimum atomic E-state index is -2.89. The zero-order valence-electron chi connectivity index (χ0n) is 21.8. The van der Waals surface area contributed by atoms with Gasteiger partial charge in [-0.25, -0.2) is 13.2 Å². The second-order valence-corrected chi connectivity index (χ2v) is 12.3. The average molecular weight is 550 g/mol. The van der Waals surface area contributed by atoms with Gasteiger partial charge in [0.2, 0.25) is 5.91 Å². The zero-order chi connectivity index (χ0) is 26.0. The van der Waals surface area contributed by atoms with Gasteiger partial charge in [-0.1, -0.05) is 30.3 Å². The smallest absolute Gasteiger partial charge is 0.407 e. The molecule has 4 rings (SSSR count). The highest BCUT2D eigenvalue weighted by Crippen LogP contribution is 2.39. The van der Waals surface area contributed by atoms with E-state index < -0.39 is 15.9 Å². The first-order valence-corrected chi connectivity index (χ1v) is 14.3. The lowest BCUT2D eigenvalue weighted by atomic mass is 9.89. The molecule has 2 aliphatic heterocycles. The molecular weight excluding hydrogens is 514 g/mol. The number of hydrogen-bond donors (Lipinski definition) is 1. The molecule has 0 spiro atoms. The van der Waals surface area contributed by atoms with E-state index in [4.69, 9.17) is 4.74 Å². The van der Waals surface area contributed by atoms with Crippen molar-refractivity contribution in [2.24, 2.45) is 0 Å². The second kappa shape index (κ2) is 11.8. The molecule has 2 heterocycles. The number of ether oxygens (including phenoxy) is 1. The fourth-order valence-electron chi connectivity index (χ4n) is 5.02. The number of hydrogen-bond acceptors (Lipinski definition) is 6. The Morgan fingerprint density at radius 3 is 2.27 bits per heavy atom. The number of fused-ring (bicyclic) bond motifs is 1. The van der Waals surface area contributed by atoms with Crippen molar-refractivity contribution in [2.45, 2.75) is 58.8 Å². The first kappa shape index (κ1) is 28.9. The summed E-state index contributed by atoms with van der Waals surface area (Å²) in [5, 5.41) is 2.99. The van der Waals surface area contributed by atoms with Crippen LogP contribution in [-0.2, 0) is 25.9 Å². The number of rotatable bonds is 5. The van der Waals surface area contributed by atoms with Crippen molar-refractivity contribution >= 4 is 39.9 Å². The van der Waals surface area contributed by atoms with Gasteiger partial charge in [-0.2, -0.15) is 0 Å². The normalized spacial score (nSPS) is 21.1. The number of sulfone groups is 1. The van der Waals surface area contributed by atoms with E-state index in [-0.39, 0.29) is 48.0 Å². The topological polar surface area (TPSA) is 96.0 Å². The summed E-state index contributed by atoms with van der Waals surface area (Å²) in [5.74, 6) is 0.404. The summed E-state index contributed by atoms with van der Waals surface area (Å²) in [4.78, 5) is 28.8. The Morgan fingerprint density at radius 2 is 1.68 bits per heavy atom. The molecular formula is C27H36ClN3O5S. The number of nitrogens with one attached hydrogen (secondary N) is 1. The lowest BCUT2D eigenvalue weighted by molar-refractivity contribution is -0.117. The predicted octanol–water partition coefficient (Wildman–Crippen LogP) is 4.33. The lowest BCUT2D eigenvalue weighted by Crippen LogP contribution is -2.45. The maximum Gasteiger partial charge on any atom is 0.407 e. The minimum absolute atomic E-state index is 0. The average Bonchev–Trinajstić information content (AvgIpc) is 2.80. The molecule has 2 aliphatic rings. The van der Waals surface area contributed by atoms with Crippen LogP contribution in [0.25, 0.3) is 11.1 Å². The van der Waals surface area contributed by atoms with Gasteiger partial charge in [0.15, 0.2) is 9.84 Å². The molecule has 1 saturated heterocycles. The zero-order valence-corrected chi connectivity index (χ0v) is 23.4. The van der Waals surface area contributed by atoms with E-state index in [1.165, 1.54) is 0 Å². The van der Waals surface area contributed by atoms with E-state index in [0.717, 1.165) is 34.5 Å². The molecule has 0 radical (unpaired) electrons. The van der Waals surface area contributed by atoms with Crippen LogP contribution in [0, 0.1) is 0 Å². The maximum absolute atomic E-state index is 12.4. The summed E-state index contributed by atoms with van der Waals surface area (Å²) in [6.45, 7) is 9.01. The molecule has 0 aliphatic carbocycles. The Bertz CT molecular complexity index is 1220. The Labute approximate surface area is 225 Å². The van der Waals surface area contributed by atoms with Crippen LogP contribution >= 0.6 is 12.4 Å². The highest BCUT2D eigenvalue weighted by atomic mass is 35.5. The van der Waals surface area contributed by atoms with Crippen molar-refractivity contribution in [2.75, 3.05) is 29.5 Å². The van der Waals surface area contributed by atoms with E-state index in [0.29, 0.717) is 19.5 Å². The fraction of sp³-hybridized carbons (Fsp3) is 0.481. The van der Waals surface area contributed by atoms with E-state index in [1.807, 2.05) is 39.0 Å². The van der Waals surface area contributed by atoms with Crippen molar-refractivity contribution in [3.63, 3.8) is 0 Å².